The number of nitrogens with two attached hydrogens (primary N) is 1. The van der Waals surface area contributed by atoms with Crippen LogP contribution >= 0.6 is 27.7 Å². The largest absolute Gasteiger partial charge is 0.480 e. The Bertz CT molecular complexity index is 652. The Morgan fingerprint density at radius 2 is 2.14 bits per heavy atom. The monoisotopic (exact) mass is 367 g/mol. The van der Waals surface area contributed by atoms with Gasteiger partial charge in [0.05, 0.1) is 23.0 Å². The Morgan fingerprint density at radius 3 is 2.86 bits per heavy atom. The molecule has 0 aliphatic carbocycles. The van der Waals surface area contributed by atoms with Crippen molar-refractivity contribution in [3.63, 3.8) is 0 Å². The summed E-state index contributed by atoms with van der Waals surface area (Å²) < 4.78 is 5.93. The summed E-state index contributed by atoms with van der Waals surface area (Å²) in [5.41, 5.74) is 5.86. The molecule has 0 radical (unpaired) electrons. The van der Waals surface area contributed by atoms with Crippen molar-refractivity contribution in [1.82, 2.24) is 4.98 Å². The van der Waals surface area contributed by atoms with Crippen LogP contribution in [0.1, 0.15) is 10.4 Å². The molecular weight excluding hydrogens is 354 g/mol. The zero-order valence-corrected chi connectivity index (χ0v) is 13.7. The number of hydrogen-bond acceptors (Lipinski definition) is 5. The molecular formula is C14H14BrN3O2S. The Balaban J connectivity index is 2.00. The maximum Gasteiger partial charge on any atom is 0.249 e. The van der Waals surface area contributed by atoms with Gasteiger partial charge in [0.25, 0.3) is 0 Å². The maximum absolute atomic E-state index is 11.3. The molecule has 5 nitrogen and oxygen atoms in total. The SMILES string of the molecule is COc1nc(NCSc2ccccc2C(N)=O)ccc1Br. The summed E-state index contributed by atoms with van der Waals surface area (Å²) in [6.07, 6.45) is 0. The number of aromatic nitrogens is 1. The lowest BCUT2D eigenvalue weighted by molar-refractivity contribution is 0.0997. The molecule has 110 valence electrons. The first-order chi connectivity index (χ1) is 10.1. The number of rotatable bonds is 6. The molecule has 0 atom stereocenters. The maximum atomic E-state index is 11.3. The lowest BCUT2D eigenvalue weighted by Gasteiger charge is -2.09. The number of pyridine rings is 1. The molecule has 0 fully saturated rings. The number of hydrogen-bond donors (Lipinski definition) is 2. The summed E-state index contributed by atoms with van der Waals surface area (Å²) in [6.45, 7) is 0. The molecule has 7 heteroatoms. The van der Waals surface area contributed by atoms with Crippen molar-refractivity contribution in [3.8, 4) is 5.88 Å². The molecule has 2 aromatic rings. The Morgan fingerprint density at radius 1 is 1.38 bits per heavy atom. The number of ether oxygens (including phenoxy) is 1. The van der Waals surface area contributed by atoms with Crippen LogP contribution in [0.4, 0.5) is 5.82 Å². The van der Waals surface area contributed by atoms with Crippen molar-refractivity contribution < 1.29 is 9.53 Å². The molecule has 0 unspecified atom stereocenters. The molecule has 0 saturated carbocycles. The van der Waals surface area contributed by atoms with Gasteiger partial charge >= 0.3 is 0 Å². The second kappa shape index (κ2) is 7.33. The number of anilines is 1. The van der Waals surface area contributed by atoms with E-state index in [1.54, 1.807) is 19.2 Å². The summed E-state index contributed by atoms with van der Waals surface area (Å²) in [4.78, 5) is 16.5. The van der Waals surface area contributed by atoms with Crippen LogP contribution < -0.4 is 15.8 Å². The first-order valence-corrected chi connectivity index (χ1v) is 7.85. The summed E-state index contributed by atoms with van der Waals surface area (Å²) in [5.74, 6) is 1.34. The Labute approximate surface area is 135 Å². The van der Waals surface area contributed by atoms with Crippen LogP contribution in [-0.2, 0) is 0 Å². The number of carbonyl (C=O) groups is 1. The molecule has 1 heterocycles. The number of nitrogens with zero attached hydrogens (tertiary/aromatic N) is 1. The molecule has 0 aliphatic rings. The van der Waals surface area contributed by atoms with E-state index in [4.69, 9.17) is 10.5 Å². The van der Waals surface area contributed by atoms with Crippen LogP contribution in [0.2, 0.25) is 0 Å². The number of halogens is 1. The minimum atomic E-state index is -0.429. The first kappa shape index (κ1) is 15.7. The smallest absolute Gasteiger partial charge is 0.249 e. The van der Waals surface area contributed by atoms with Crippen LogP contribution in [0.3, 0.4) is 0 Å². The third-order valence-electron chi connectivity index (χ3n) is 2.64. The topological polar surface area (TPSA) is 77.2 Å². The molecule has 3 N–H and O–H groups in total. The number of methoxy groups -OCH3 is 1. The van der Waals surface area contributed by atoms with Gasteiger partial charge in [0.2, 0.25) is 11.8 Å². The average molecular weight is 368 g/mol. The zero-order valence-electron chi connectivity index (χ0n) is 11.3. The van der Waals surface area contributed by atoms with Gasteiger partial charge in [-0.25, -0.2) is 0 Å². The van der Waals surface area contributed by atoms with Gasteiger partial charge in [0, 0.05) is 4.90 Å². The summed E-state index contributed by atoms with van der Waals surface area (Å²) in [7, 11) is 1.56. The van der Waals surface area contributed by atoms with Crippen LogP contribution in [0, 0.1) is 0 Å². The molecule has 21 heavy (non-hydrogen) atoms. The normalized spacial score (nSPS) is 10.2. The number of amides is 1. The van der Waals surface area contributed by atoms with Gasteiger partial charge in [-0.05, 0) is 40.2 Å². The number of carbonyl (C=O) groups excluding carboxylic acids is 1. The molecule has 2 rings (SSSR count). The Kier molecular flexibility index (Phi) is 5.46. The van der Waals surface area contributed by atoms with E-state index in [2.05, 4.69) is 26.2 Å². The van der Waals surface area contributed by atoms with E-state index in [9.17, 15) is 4.79 Å². The van der Waals surface area contributed by atoms with Crippen LogP contribution in [0.5, 0.6) is 5.88 Å². The predicted molar refractivity (Wildman–Crippen MR) is 87.8 cm³/mol. The number of benzene rings is 1. The molecule has 1 aromatic carbocycles. The van der Waals surface area contributed by atoms with Gasteiger partial charge in [0.15, 0.2) is 0 Å². The van der Waals surface area contributed by atoms with Crippen LogP contribution in [-0.4, -0.2) is 23.9 Å². The first-order valence-electron chi connectivity index (χ1n) is 6.08. The van der Waals surface area contributed by atoms with Gasteiger partial charge in [-0.2, -0.15) is 4.98 Å². The molecule has 0 bridgehead atoms. The Hall–Kier alpha value is -1.73. The van der Waals surface area contributed by atoms with Crippen molar-refractivity contribution in [2.45, 2.75) is 4.90 Å². The van der Waals surface area contributed by atoms with Gasteiger partial charge in [-0.3, -0.25) is 4.79 Å². The third kappa shape index (κ3) is 4.12. The summed E-state index contributed by atoms with van der Waals surface area (Å²) in [5, 5.41) is 3.16. The van der Waals surface area contributed by atoms with E-state index >= 15 is 0 Å². The lowest BCUT2D eigenvalue weighted by Crippen LogP contribution is -2.12. The summed E-state index contributed by atoms with van der Waals surface area (Å²) >= 11 is 4.83. The highest BCUT2D eigenvalue weighted by Crippen LogP contribution is 2.25. The summed E-state index contributed by atoms with van der Waals surface area (Å²) in [6, 6.07) is 10.9. The molecule has 0 saturated heterocycles. The third-order valence-corrected chi connectivity index (χ3v) is 4.20. The highest BCUT2D eigenvalue weighted by molar-refractivity contribution is 9.10. The van der Waals surface area contributed by atoms with Crippen molar-refractivity contribution >= 4 is 39.4 Å². The standard InChI is InChI=1S/C14H14BrN3O2S/c1-20-14-10(15)6-7-12(18-14)17-8-21-11-5-3-2-4-9(11)13(16)19/h2-7H,8H2,1H3,(H2,16,19)(H,17,18). The quantitative estimate of drug-likeness (QED) is 0.605. The minimum Gasteiger partial charge on any atom is -0.480 e. The zero-order chi connectivity index (χ0) is 15.2. The number of thioether (sulfide) groups is 1. The van der Waals surface area contributed by atoms with Crippen molar-refractivity contribution in [3.05, 3.63) is 46.4 Å². The van der Waals surface area contributed by atoms with E-state index in [0.29, 0.717) is 23.1 Å². The fourth-order valence-corrected chi connectivity index (χ4v) is 2.91. The second-order valence-electron chi connectivity index (χ2n) is 4.01. The molecule has 0 spiro atoms. The fourth-order valence-electron chi connectivity index (χ4n) is 1.65. The number of nitrogens with one attached hydrogen (secondary N) is 1. The highest BCUT2D eigenvalue weighted by Gasteiger charge is 2.08. The van der Waals surface area contributed by atoms with E-state index in [-0.39, 0.29) is 0 Å². The highest BCUT2D eigenvalue weighted by atomic mass is 79.9. The van der Waals surface area contributed by atoms with E-state index in [0.717, 1.165) is 9.37 Å². The molecule has 1 amide bonds. The molecule has 1 aromatic heterocycles. The lowest BCUT2D eigenvalue weighted by atomic mass is 10.2. The number of primary amides is 1. The van der Waals surface area contributed by atoms with Gasteiger partial charge in [0.1, 0.15) is 5.82 Å². The fraction of sp³-hybridized carbons (Fsp3) is 0.143. The average Bonchev–Trinajstić information content (AvgIpc) is 2.49. The van der Waals surface area contributed by atoms with E-state index in [1.165, 1.54) is 11.8 Å². The van der Waals surface area contributed by atoms with Gasteiger partial charge in [-0.15, -0.1) is 11.8 Å². The minimum absolute atomic E-state index is 0.429. The van der Waals surface area contributed by atoms with Gasteiger partial charge < -0.3 is 15.8 Å². The van der Waals surface area contributed by atoms with Crippen molar-refractivity contribution in [2.75, 3.05) is 18.3 Å². The predicted octanol–water partition coefficient (Wildman–Crippen LogP) is 3.11. The molecule has 0 aliphatic heterocycles. The van der Waals surface area contributed by atoms with E-state index < -0.39 is 5.91 Å². The second-order valence-corrected chi connectivity index (χ2v) is 5.88. The van der Waals surface area contributed by atoms with Crippen molar-refractivity contribution in [2.24, 2.45) is 5.73 Å². The van der Waals surface area contributed by atoms with Crippen LogP contribution in [0.15, 0.2) is 45.8 Å². The van der Waals surface area contributed by atoms with Crippen molar-refractivity contribution in [1.29, 1.82) is 0 Å². The van der Waals surface area contributed by atoms with Crippen LogP contribution in [0.25, 0.3) is 0 Å². The van der Waals surface area contributed by atoms with E-state index in [1.807, 2.05) is 24.3 Å². The van der Waals surface area contributed by atoms with Gasteiger partial charge in [-0.1, -0.05) is 12.1 Å².